The van der Waals surface area contributed by atoms with Crippen LogP contribution >= 0.6 is 22.9 Å². The quantitative estimate of drug-likeness (QED) is 0.670. The maximum atomic E-state index is 12.6. The van der Waals surface area contributed by atoms with Gasteiger partial charge in [0.1, 0.15) is 22.2 Å². The SMILES string of the molecule is Cc1noc(C)c1S(=O)(=O)N1CC(Oc2nc3c(Cl)cccc3s2)C1. The molecular formula is C15H14ClN3O4S2. The molecule has 0 unspecified atom stereocenters. The molecule has 2 aromatic heterocycles. The van der Waals surface area contributed by atoms with Crippen LogP contribution in [0.5, 0.6) is 5.19 Å². The van der Waals surface area contributed by atoms with Crippen molar-refractivity contribution in [3.05, 3.63) is 34.7 Å². The lowest BCUT2D eigenvalue weighted by Gasteiger charge is -2.36. The van der Waals surface area contributed by atoms with Gasteiger partial charge >= 0.3 is 0 Å². The highest BCUT2D eigenvalue weighted by molar-refractivity contribution is 7.89. The van der Waals surface area contributed by atoms with Gasteiger partial charge in [-0.15, -0.1) is 0 Å². The van der Waals surface area contributed by atoms with Crippen LogP contribution in [0.4, 0.5) is 0 Å². The number of sulfonamides is 1. The molecule has 1 aliphatic heterocycles. The van der Waals surface area contributed by atoms with Crippen LogP contribution in [0.3, 0.4) is 0 Å². The Morgan fingerprint density at radius 1 is 1.36 bits per heavy atom. The Morgan fingerprint density at radius 2 is 2.12 bits per heavy atom. The van der Waals surface area contributed by atoms with Gasteiger partial charge < -0.3 is 9.26 Å². The number of aryl methyl sites for hydroxylation is 2. The van der Waals surface area contributed by atoms with Gasteiger partial charge in [-0.25, -0.2) is 13.4 Å². The first kappa shape index (κ1) is 16.8. The first-order chi connectivity index (χ1) is 11.9. The van der Waals surface area contributed by atoms with Gasteiger partial charge in [0.15, 0.2) is 5.76 Å². The lowest BCUT2D eigenvalue weighted by molar-refractivity contribution is 0.0760. The molecule has 1 aliphatic rings. The van der Waals surface area contributed by atoms with Gasteiger partial charge in [-0.3, -0.25) is 0 Å². The number of nitrogens with zero attached hydrogens (tertiary/aromatic N) is 3. The number of benzene rings is 1. The summed E-state index contributed by atoms with van der Waals surface area (Å²) < 4.78 is 38.3. The molecule has 0 aliphatic carbocycles. The van der Waals surface area contributed by atoms with E-state index in [9.17, 15) is 8.42 Å². The Hall–Kier alpha value is -1.68. The number of rotatable bonds is 4. The summed E-state index contributed by atoms with van der Waals surface area (Å²) in [5.41, 5.74) is 1.06. The molecule has 3 heterocycles. The molecule has 1 fully saturated rings. The van der Waals surface area contributed by atoms with E-state index in [-0.39, 0.29) is 24.1 Å². The predicted molar refractivity (Wildman–Crippen MR) is 93.8 cm³/mol. The summed E-state index contributed by atoms with van der Waals surface area (Å²) in [4.78, 5) is 4.51. The number of aromatic nitrogens is 2. The van der Waals surface area contributed by atoms with Crippen LogP contribution in [0.25, 0.3) is 10.2 Å². The molecule has 0 saturated carbocycles. The lowest BCUT2D eigenvalue weighted by Crippen LogP contribution is -2.56. The predicted octanol–water partition coefficient (Wildman–Crippen LogP) is 3.01. The van der Waals surface area contributed by atoms with E-state index < -0.39 is 10.0 Å². The highest BCUT2D eigenvalue weighted by Crippen LogP contribution is 2.34. The van der Waals surface area contributed by atoms with Crippen LogP contribution in [-0.4, -0.2) is 42.1 Å². The minimum atomic E-state index is -3.62. The van der Waals surface area contributed by atoms with Gasteiger partial charge in [-0.1, -0.05) is 34.2 Å². The molecule has 4 rings (SSSR count). The Kier molecular flexibility index (Phi) is 3.99. The average molecular weight is 400 g/mol. The molecule has 0 amide bonds. The van der Waals surface area contributed by atoms with Crippen molar-refractivity contribution in [3.63, 3.8) is 0 Å². The fourth-order valence-electron chi connectivity index (χ4n) is 2.73. The standard InChI is InChI=1S/C15H14ClN3O4S2/c1-8-14(9(2)23-18-8)25(20,21)19-6-10(7-19)22-15-17-13-11(16)4-3-5-12(13)24-15/h3-5,10H,6-7H2,1-2H3. The van der Waals surface area contributed by atoms with Gasteiger partial charge in [0.2, 0.25) is 10.0 Å². The minimum Gasteiger partial charge on any atom is -0.464 e. The molecule has 132 valence electrons. The molecule has 1 aromatic carbocycles. The zero-order valence-electron chi connectivity index (χ0n) is 13.4. The Morgan fingerprint density at radius 3 is 2.76 bits per heavy atom. The Labute approximate surface area is 153 Å². The van der Waals surface area contributed by atoms with Crippen molar-refractivity contribution in [2.24, 2.45) is 0 Å². The van der Waals surface area contributed by atoms with Crippen molar-refractivity contribution in [1.82, 2.24) is 14.4 Å². The van der Waals surface area contributed by atoms with Gasteiger partial charge in [0.25, 0.3) is 5.19 Å². The van der Waals surface area contributed by atoms with Gasteiger partial charge in [-0.2, -0.15) is 4.31 Å². The normalized spacial score (nSPS) is 16.3. The molecule has 3 aromatic rings. The molecule has 25 heavy (non-hydrogen) atoms. The molecule has 10 heteroatoms. The number of fused-ring (bicyclic) bond motifs is 1. The Bertz CT molecular complexity index is 1030. The lowest BCUT2D eigenvalue weighted by atomic mass is 10.2. The first-order valence-electron chi connectivity index (χ1n) is 7.51. The summed E-state index contributed by atoms with van der Waals surface area (Å²) in [6, 6.07) is 5.54. The van der Waals surface area contributed by atoms with E-state index >= 15 is 0 Å². The first-order valence-corrected chi connectivity index (χ1v) is 10.1. The fraction of sp³-hybridized carbons (Fsp3) is 0.333. The van der Waals surface area contributed by atoms with Crippen molar-refractivity contribution in [2.45, 2.75) is 24.8 Å². The van der Waals surface area contributed by atoms with Crippen molar-refractivity contribution < 1.29 is 17.7 Å². The van der Waals surface area contributed by atoms with Crippen LogP contribution in [-0.2, 0) is 10.0 Å². The largest absolute Gasteiger partial charge is 0.464 e. The second-order valence-electron chi connectivity index (χ2n) is 5.78. The molecular weight excluding hydrogens is 386 g/mol. The van der Waals surface area contributed by atoms with Crippen LogP contribution in [0.15, 0.2) is 27.6 Å². The van der Waals surface area contributed by atoms with E-state index in [0.29, 0.717) is 27.2 Å². The second kappa shape index (κ2) is 5.94. The summed E-state index contributed by atoms with van der Waals surface area (Å²) in [5, 5.41) is 4.77. The third-order valence-corrected chi connectivity index (χ3v) is 7.29. The van der Waals surface area contributed by atoms with Gasteiger partial charge in [0, 0.05) is 0 Å². The molecule has 0 radical (unpaired) electrons. The van der Waals surface area contributed by atoms with Crippen molar-refractivity contribution >= 4 is 43.2 Å². The highest BCUT2D eigenvalue weighted by atomic mass is 35.5. The van der Waals surface area contributed by atoms with E-state index in [0.717, 1.165) is 4.70 Å². The van der Waals surface area contributed by atoms with Crippen molar-refractivity contribution in [2.75, 3.05) is 13.1 Å². The Balaban J connectivity index is 1.47. The summed E-state index contributed by atoms with van der Waals surface area (Å²) in [6.45, 7) is 3.72. The van der Waals surface area contributed by atoms with E-state index in [1.165, 1.54) is 15.6 Å². The third kappa shape index (κ3) is 2.80. The van der Waals surface area contributed by atoms with Crippen LogP contribution < -0.4 is 4.74 Å². The van der Waals surface area contributed by atoms with Crippen LogP contribution in [0, 0.1) is 13.8 Å². The number of para-hydroxylation sites is 1. The molecule has 1 saturated heterocycles. The summed E-state index contributed by atoms with van der Waals surface area (Å²) in [5.74, 6) is 0.294. The highest BCUT2D eigenvalue weighted by Gasteiger charge is 2.41. The minimum absolute atomic E-state index is 0.137. The van der Waals surface area contributed by atoms with Crippen LogP contribution in [0.2, 0.25) is 5.02 Å². The van der Waals surface area contributed by atoms with Gasteiger partial charge in [0.05, 0.1) is 22.8 Å². The van der Waals surface area contributed by atoms with E-state index in [2.05, 4.69) is 10.1 Å². The summed E-state index contributed by atoms with van der Waals surface area (Å²) >= 11 is 7.50. The maximum Gasteiger partial charge on any atom is 0.274 e. The molecule has 0 atom stereocenters. The zero-order chi connectivity index (χ0) is 17.8. The topological polar surface area (TPSA) is 85.5 Å². The van der Waals surface area contributed by atoms with E-state index in [4.69, 9.17) is 20.9 Å². The van der Waals surface area contributed by atoms with Crippen LogP contribution in [0.1, 0.15) is 11.5 Å². The molecule has 0 spiro atoms. The van der Waals surface area contributed by atoms with E-state index in [1.54, 1.807) is 19.9 Å². The van der Waals surface area contributed by atoms with Crippen molar-refractivity contribution in [1.29, 1.82) is 0 Å². The van der Waals surface area contributed by atoms with Gasteiger partial charge in [-0.05, 0) is 26.0 Å². The number of hydrogen-bond donors (Lipinski definition) is 0. The number of thiazole rings is 1. The third-order valence-electron chi connectivity index (χ3n) is 4.00. The smallest absolute Gasteiger partial charge is 0.274 e. The maximum absolute atomic E-state index is 12.6. The number of ether oxygens (including phenoxy) is 1. The fourth-order valence-corrected chi connectivity index (χ4v) is 5.71. The molecule has 0 bridgehead atoms. The number of hydrogen-bond acceptors (Lipinski definition) is 7. The molecule has 7 nitrogen and oxygen atoms in total. The number of halogens is 1. The average Bonchev–Trinajstić information content (AvgIpc) is 3.06. The summed E-state index contributed by atoms with van der Waals surface area (Å²) in [7, 11) is -3.62. The zero-order valence-corrected chi connectivity index (χ0v) is 15.8. The second-order valence-corrected chi connectivity index (χ2v) is 9.06. The van der Waals surface area contributed by atoms with Crippen molar-refractivity contribution in [3.8, 4) is 5.19 Å². The summed E-state index contributed by atoms with van der Waals surface area (Å²) in [6.07, 6.45) is -0.241. The van der Waals surface area contributed by atoms with E-state index in [1.807, 2.05) is 12.1 Å². The monoisotopic (exact) mass is 399 g/mol. The molecule has 0 N–H and O–H groups in total.